The monoisotopic (exact) mass is 353 g/mol. The SMILES string of the molecule is O=C(c1cc(C2CC2)on1)N1CCc2c(COCC3CC3)cncc2C1. The molecule has 3 aliphatic rings. The second-order valence-electron chi connectivity index (χ2n) is 7.76. The van der Waals surface area contributed by atoms with Crippen molar-refractivity contribution in [1.29, 1.82) is 0 Å². The zero-order chi connectivity index (χ0) is 17.5. The standard InChI is InChI=1S/C20H23N3O3/c24-20(18-7-19(26-22-18)14-3-4-14)23-6-5-17-15(10-23)8-21-9-16(17)12-25-11-13-1-2-13/h7-9,13-14H,1-6,10-12H2. The van der Waals surface area contributed by atoms with E-state index in [2.05, 4.69) is 10.1 Å². The highest BCUT2D eigenvalue weighted by Crippen LogP contribution is 2.40. The van der Waals surface area contributed by atoms with Crippen molar-refractivity contribution in [1.82, 2.24) is 15.0 Å². The van der Waals surface area contributed by atoms with Crippen LogP contribution in [-0.2, 0) is 24.3 Å². The van der Waals surface area contributed by atoms with E-state index in [1.54, 1.807) is 0 Å². The Kier molecular flexibility index (Phi) is 4.00. The molecule has 0 N–H and O–H groups in total. The molecule has 6 nitrogen and oxygen atoms in total. The van der Waals surface area contributed by atoms with Gasteiger partial charge in [0.25, 0.3) is 5.91 Å². The number of carbonyl (C=O) groups is 1. The smallest absolute Gasteiger partial charge is 0.276 e. The van der Waals surface area contributed by atoms with Crippen LogP contribution in [0.2, 0.25) is 0 Å². The summed E-state index contributed by atoms with van der Waals surface area (Å²) in [4.78, 5) is 19.0. The number of fused-ring (bicyclic) bond motifs is 1. The molecule has 3 heterocycles. The Labute approximate surface area is 152 Å². The van der Waals surface area contributed by atoms with Gasteiger partial charge in [0.2, 0.25) is 0 Å². The molecule has 2 aliphatic carbocycles. The maximum Gasteiger partial charge on any atom is 0.276 e. The third kappa shape index (κ3) is 3.26. The molecule has 0 radical (unpaired) electrons. The molecule has 2 fully saturated rings. The predicted molar refractivity (Wildman–Crippen MR) is 93.5 cm³/mol. The lowest BCUT2D eigenvalue weighted by atomic mass is 9.97. The van der Waals surface area contributed by atoms with Gasteiger partial charge in [-0.15, -0.1) is 0 Å². The molecule has 2 saturated carbocycles. The minimum atomic E-state index is -0.0540. The van der Waals surface area contributed by atoms with Crippen LogP contribution in [0.4, 0.5) is 0 Å². The normalized spacial score (nSPS) is 19.5. The molecular formula is C20H23N3O3. The lowest BCUT2D eigenvalue weighted by molar-refractivity contribution is 0.0721. The number of hydrogen-bond acceptors (Lipinski definition) is 5. The van der Waals surface area contributed by atoms with E-state index in [9.17, 15) is 4.79 Å². The zero-order valence-corrected chi connectivity index (χ0v) is 14.8. The highest BCUT2D eigenvalue weighted by Gasteiger charge is 2.31. The molecule has 0 unspecified atom stereocenters. The van der Waals surface area contributed by atoms with Gasteiger partial charge in [-0.2, -0.15) is 0 Å². The molecule has 136 valence electrons. The van der Waals surface area contributed by atoms with Gasteiger partial charge in [0.1, 0.15) is 5.76 Å². The Morgan fingerprint density at radius 1 is 1.27 bits per heavy atom. The maximum absolute atomic E-state index is 12.8. The van der Waals surface area contributed by atoms with Crippen molar-refractivity contribution < 1.29 is 14.1 Å². The molecular weight excluding hydrogens is 330 g/mol. The third-order valence-electron chi connectivity index (χ3n) is 5.55. The number of rotatable bonds is 6. The summed E-state index contributed by atoms with van der Waals surface area (Å²) in [5, 5.41) is 3.99. The number of ether oxygens (including phenoxy) is 1. The molecule has 2 aromatic rings. The average molecular weight is 353 g/mol. The Balaban J connectivity index is 1.27. The predicted octanol–water partition coefficient (Wildman–Crippen LogP) is 3.07. The van der Waals surface area contributed by atoms with Gasteiger partial charge in [0.15, 0.2) is 5.69 Å². The van der Waals surface area contributed by atoms with Crippen LogP contribution in [0.5, 0.6) is 0 Å². The zero-order valence-electron chi connectivity index (χ0n) is 14.8. The van der Waals surface area contributed by atoms with Gasteiger partial charge < -0.3 is 14.2 Å². The van der Waals surface area contributed by atoms with Crippen molar-refractivity contribution in [2.24, 2.45) is 5.92 Å². The molecule has 26 heavy (non-hydrogen) atoms. The van der Waals surface area contributed by atoms with Crippen LogP contribution in [0.25, 0.3) is 0 Å². The third-order valence-corrected chi connectivity index (χ3v) is 5.55. The molecule has 1 aliphatic heterocycles. The number of nitrogens with zero attached hydrogens (tertiary/aromatic N) is 3. The Bertz CT molecular complexity index is 823. The van der Waals surface area contributed by atoms with Crippen LogP contribution < -0.4 is 0 Å². The summed E-state index contributed by atoms with van der Waals surface area (Å²) >= 11 is 0. The lowest BCUT2D eigenvalue weighted by Gasteiger charge is -2.29. The van der Waals surface area contributed by atoms with Crippen LogP contribution >= 0.6 is 0 Å². The largest absolute Gasteiger partial charge is 0.376 e. The number of pyridine rings is 1. The minimum absolute atomic E-state index is 0.0540. The minimum Gasteiger partial charge on any atom is -0.376 e. The molecule has 1 amide bonds. The Hall–Kier alpha value is -2.21. The van der Waals surface area contributed by atoms with Gasteiger partial charge in [0.05, 0.1) is 6.61 Å². The van der Waals surface area contributed by atoms with Crippen molar-refractivity contribution in [3.05, 3.63) is 46.6 Å². The quantitative estimate of drug-likeness (QED) is 0.798. The van der Waals surface area contributed by atoms with Crippen LogP contribution in [0, 0.1) is 5.92 Å². The maximum atomic E-state index is 12.8. The van der Waals surface area contributed by atoms with Crippen molar-refractivity contribution >= 4 is 5.91 Å². The van der Waals surface area contributed by atoms with E-state index < -0.39 is 0 Å². The average Bonchev–Trinajstić information content (AvgIpc) is 3.61. The second-order valence-corrected chi connectivity index (χ2v) is 7.76. The summed E-state index contributed by atoms with van der Waals surface area (Å²) in [5.74, 6) is 2.02. The highest BCUT2D eigenvalue weighted by atomic mass is 16.5. The van der Waals surface area contributed by atoms with E-state index in [0.717, 1.165) is 48.7 Å². The van der Waals surface area contributed by atoms with Gasteiger partial charge in [-0.25, -0.2) is 0 Å². The summed E-state index contributed by atoms with van der Waals surface area (Å²) in [6.45, 7) is 2.73. The fourth-order valence-corrected chi connectivity index (χ4v) is 3.60. The highest BCUT2D eigenvalue weighted by molar-refractivity contribution is 5.92. The molecule has 0 bridgehead atoms. The molecule has 0 atom stereocenters. The summed E-state index contributed by atoms with van der Waals surface area (Å²) < 4.78 is 11.2. The fraction of sp³-hybridized carbons (Fsp3) is 0.550. The molecule has 5 rings (SSSR count). The number of aromatic nitrogens is 2. The summed E-state index contributed by atoms with van der Waals surface area (Å²) in [6.07, 6.45) is 9.48. The van der Waals surface area contributed by atoms with Crippen LogP contribution in [0.1, 0.15) is 64.5 Å². The number of amides is 1. The van der Waals surface area contributed by atoms with Crippen molar-refractivity contribution in [2.75, 3.05) is 13.2 Å². The van der Waals surface area contributed by atoms with Gasteiger partial charge in [-0.1, -0.05) is 5.16 Å². The van der Waals surface area contributed by atoms with Crippen LogP contribution in [0.3, 0.4) is 0 Å². The van der Waals surface area contributed by atoms with E-state index in [1.807, 2.05) is 23.4 Å². The van der Waals surface area contributed by atoms with Crippen LogP contribution in [0.15, 0.2) is 23.0 Å². The summed E-state index contributed by atoms with van der Waals surface area (Å²) in [7, 11) is 0. The molecule has 0 aromatic carbocycles. The molecule has 2 aromatic heterocycles. The van der Waals surface area contributed by atoms with Gasteiger partial charge in [-0.05, 0) is 54.7 Å². The first-order chi connectivity index (χ1) is 12.8. The van der Waals surface area contributed by atoms with Crippen molar-refractivity contribution in [3.8, 4) is 0 Å². The van der Waals surface area contributed by atoms with Crippen molar-refractivity contribution in [3.63, 3.8) is 0 Å². The lowest BCUT2D eigenvalue weighted by Crippen LogP contribution is -2.36. The van der Waals surface area contributed by atoms with E-state index in [0.29, 0.717) is 31.3 Å². The first-order valence-corrected chi connectivity index (χ1v) is 9.56. The second kappa shape index (κ2) is 6.50. The van der Waals surface area contributed by atoms with E-state index in [4.69, 9.17) is 9.26 Å². The number of carbonyl (C=O) groups excluding carboxylic acids is 1. The summed E-state index contributed by atoms with van der Waals surface area (Å²) in [6, 6.07) is 1.82. The number of hydrogen-bond donors (Lipinski definition) is 0. The molecule has 0 saturated heterocycles. The van der Waals surface area contributed by atoms with Crippen molar-refractivity contribution in [2.45, 2.75) is 51.2 Å². The van der Waals surface area contributed by atoms with Gasteiger partial charge >= 0.3 is 0 Å². The van der Waals surface area contributed by atoms with Gasteiger partial charge in [0, 0.05) is 44.1 Å². The first-order valence-electron chi connectivity index (χ1n) is 9.56. The molecule has 6 heteroatoms. The Morgan fingerprint density at radius 3 is 2.96 bits per heavy atom. The van der Waals surface area contributed by atoms with Crippen LogP contribution in [-0.4, -0.2) is 34.1 Å². The first kappa shape index (κ1) is 16.0. The van der Waals surface area contributed by atoms with E-state index in [1.165, 1.54) is 18.4 Å². The summed E-state index contributed by atoms with van der Waals surface area (Å²) in [5.41, 5.74) is 3.99. The topological polar surface area (TPSA) is 68.5 Å². The fourth-order valence-electron chi connectivity index (χ4n) is 3.60. The van der Waals surface area contributed by atoms with E-state index in [-0.39, 0.29) is 5.91 Å². The van der Waals surface area contributed by atoms with Gasteiger partial charge in [-0.3, -0.25) is 9.78 Å². The van der Waals surface area contributed by atoms with E-state index >= 15 is 0 Å². The Morgan fingerprint density at radius 2 is 2.15 bits per heavy atom. The molecule has 0 spiro atoms.